The fraction of sp³-hybridized carbons (Fsp3) is 0.818. The molecule has 0 amide bonds. The minimum absolute atomic E-state index is 0.593. The lowest BCUT2D eigenvalue weighted by Gasteiger charge is -2.23. The van der Waals surface area contributed by atoms with Gasteiger partial charge >= 0.3 is 0 Å². The summed E-state index contributed by atoms with van der Waals surface area (Å²) in [5, 5.41) is 7.67. The van der Waals surface area contributed by atoms with Gasteiger partial charge in [-0.1, -0.05) is 26.2 Å². The second-order valence-corrected chi connectivity index (χ2v) is 4.19. The standard InChI is InChI=1S/C11H20N4/c1-2-12-8-11-13-9-14-15(11)10-6-4-3-5-7-10/h9-10,12H,2-8H2,1H3. The summed E-state index contributed by atoms with van der Waals surface area (Å²) in [5.41, 5.74) is 0. The van der Waals surface area contributed by atoms with Crippen LogP contribution in [0, 0.1) is 0 Å². The molecular formula is C11H20N4. The van der Waals surface area contributed by atoms with Crippen LogP contribution in [0.3, 0.4) is 0 Å². The average Bonchev–Trinajstić information content (AvgIpc) is 2.75. The first-order valence-electron chi connectivity index (χ1n) is 6.01. The summed E-state index contributed by atoms with van der Waals surface area (Å²) in [5.74, 6) is 1.09. The quantitative estimate of drug-likeness (QED) is 0.821. The van der Waals surface area contributed by atoms with Gasteiger partial charge in [-0.25, -0.2) is 9.67 Å². The third kappa shape index (κ3) is 2.56. The maximum atomic E-state index is 4.36. The van der Waals surface area contributed by atoms with Crippen LogP contribution < -0.4 is 5.32 Å². The van der Waals surface area contributed by atoms with E-state index in [1.54, 1.807) is 6.33 Å². The fourth-order valence-electron chi connectivity index (χ4n) is 2.27. The van der Waals surface area contributed by atoms with Gasteiger partial charge in [-0.05, 0) is 19.4 Å². The van der Waals surface area contributed by atoms with Gasteiger partial charge in [0.15, 0.2) is 0 Å². The molecule has 1 heterocycles. The number of aromatic nitrogens is 3. The summed E-state index contributed by atoms with van der Waals surface area (Å²) in [7, 11) is 0. The second kappa shape index (κ2) is 5.26. The predicted octanol–water partition coefficient (Wildman–Crippen LogP) is 1.89. The van der Waals surface area contributed by atoms with Crippen LogP contribution in [0.5, 0.6) is 0 Å². The number of nitrogens with one attached hydrogen (secondary N) is 1. The predicted molar refractivity (Wildman–Crippen MR) is 59.5 cm³/mol. The normalized spacial score (nSPS) is 18.2. The van der Waals surface area contributed by atoms with Gasteiger partial charge in [-0.15, -0.1) is 0 Å². The van der Waals surface area contributed by atoms with Crippen LogP contribution in [0.4, 0.5) is 0 Å². The molecule has 15 heavy (non-hydrogen) atoms. The number of hydrogen-bond acceptors (Lipinski definition) is 3. The molecule has 2 rings (SSSR count). The van der Waals surface area contributed by atoms with Crippen molar-refractivity contribution in [2.75, 3.05) is 6.54 Å². The highest BCUT2D eigenvalue weighted by Crippen LogP contribution is 2.27. The molecule has 1 saturated carbocycles. The van der Waals surface area contributed by atoms with E-state index in [1.165, 1.54) is 32.1 Å². The van der Waals surface area contributed by atoms with Gasteiger partial charge in [-0.2, -0.15) is 5.10 Å². The van der Waals surface area contributed by atoms with E-state index in [4.69, 9.17) is 0 Å². The molecule has 84 valence electrons. The van der Waals surface area contributed by atoms with Gasteiger partial charge in [0, 0.05) is 0 Å². The van der Waals surface area contributed by atoms with Crippen molar-refractivity contribution in [3.05, 3.63) is 12.2 Å². The van der Waals surface area contributed by atoms with E-state index in [0.29, 0.717) is 6.04 Å². The zero-order chi connectivity index (χ0) is 10.5. The van der Waals surface area contributed by atoms with E-state index in [9.17, 15) is 0 Å². The van der Waals surface area contributed by atoms with E-state index in [2.05, 4.69) is 27.0 Å². The lowest BCUT2D eigenvalue weighted by atomic mass is 9.95. The molecule has 4 heteroatoms. The molecular weight excluding hydrogens is 188 g/mol. The third-order valence-electron chi connectivity index (χ3n) is 3.10. The molecule has 0 unspecified atom stereocenters. The minimum atomic E-state index is 0.593. The summed E-state index contributed by atoms with van der Waals surface area (Å²) < 4.78 is 2.13. The van der Waals surface area contributed by atoms with Crippen LogP contribution in [0.1, 0.15) is 50.9 Å². The van der Waals surface area contributed by atoms with E-state index >= 15 is 0 Å². The van der Waals surface area contributed by atoms with Crippen LogP contribution in [0.25, 0.3) is 0 Å². The highest BCUT2D eigenvalue weighted by atomic mass is 15.4. The maximum Gasteiger partial charge on any atom is 0.141 e. The Morgan fingerprint density at radius 1 is 1.40 bits per heavy atom. The summed E-state index contributed by atoms with van der Waals surface area (Å²) in [4.78, 5) is 4.32. The summed E-state index contributed by atoms with van der Waals surface area (Å²) in [6.45, 7) is 3.94. The third-order valence-corrected chi connectivity index (χ3v) is 3.10. The lowest BCUT2D eigenvalue weighted by molar-refractivity contribution is 0.319. The molecule has 4 nitrogen and oxygen atoms in total. The van der Waals surface area contributed by atoms with Crippen molar-refractivity contribution in [1.29, 1.82) is 0 Å². The Hall–Kier alpha value is -0.900. The van der Waals surface area contributed by atoms with Crippen molar-refractivity contribution in [3.63, 3.8) is 0 Å². The highest BCUT2D eigenvalue weighted by molar-refractivity contribution is 4.88. The monoisotopic (exact) mass is 208 g/mol. The molecule has 1 N–H and O–H groups in total. The van der Waals surface area contributed by atoms with E-state index in [-0.39, 0.29) is 0 Å². The van der Waals surface area contributed by atoms with Crippen LogP contribution in [0.15, 0.2) is 6.33 Å². The van der Waals surface area contributed by atoms with Gasteiger partial charge in [0.2, 0.25) is 0 Å². The Balaban J connectivity index is 2.02. The van der Waals surface area contributed by atoms with Gasteiger partial charge in [0.05, 0.1) is 12.6 Å². The Kier molecular flexibility index (Phi) is 3.72. The van der Waals surface area contributed by atoms with Crippen molar-refractivity contribution < 1.29 is 0 Å². The molecule has 0 bridgehead atoms. The Morgan fingerprint density at radius 2 is 2.20 bits per heavy atom. The molecule has 0 radical (unpaired) electrons. The Bertz CT molecular complexity index is 289. The van der Waals surface area contributed by atoms with Crippen LogP contribution in [-0.2, 0) is 6.54 Å². The molecule has 0 aromatic carbocycles. The van der Waals surface area contributed by atoms with Crippen LogP contribution in [0.2, 0.25) is 0 Å². The fourth-order valence-corrected chi connectivity index (χ4v) is 2.27. The largest absolute Gasteiger partial charge is 0.310 e. The first-order valence-corrected chi connectivity index (χ1v) is 6.01. The molecule has 1 fully saturated rings. The smallest absolute Gasteiger partial charge is 0.141 e. The Morgan fingerprint density at radius 3 is 2.93 bits per heavy atom. The lowest BCUT2D eigenvalue weighted by Crippen LogP contribution is -2.21. The SMILES string of the molecule is CCNCc1ncnn1C1CCCCC1. The molecule has 0 aliphatic heterocycles. The van der Waals surface area contributed by atoms with Crippen molar-refractivity contribution in [1.82, 2.24) is 20.1 Å². The van der Waals surface area contributed by atoms with Crippen LogP contribution in [-0.4, -0.2) is 21.3 Å². The summed E-state index contributed by atoms with van der Waals surface area (Å²) in [6, 6.07) is 0.593. The topological polar surface area (TPSA) is 42.7 Å². The second-order valence-electron chi connectivity index (χ2n) is 4.19. The van der Waals surface area contributed by atoms with Crippen molar-refractivity contribution >= 4 is 0 Å². The average molecular weight is 208 g/mol. The van der Waals surface area contributed by atoms with Crippen molar-refractivity contribution in [3.8, 4) is 0 Å². The van der Waals surface area contributed by atoms with E-state index < -0.39 is 0 Å². The van der Waals surface area contributed by atoms with Gasteiger partial charge in [0.1, 0.15) is 12.2 Å². The van der Waals surface area contributed by atoms with Crippen LogP contribution >= 0.6 is 0 Å². The Labute approximate surface area is 91.1 Å². The van der Waals surface area contributed by atoms with Gasteiger partial charge in [-0.3, -0.25) is 0 Å². The van der Waals surface area contributed by atoms with E-state index in [1.807, 2.05) is 0 Å². The van der Waals surface area contributed by atoms with Crippen molar-refractivity contribution in [2.24, 2.45) is 0 Å². The summed E-state index contributed by atoms with van der Waals surface area (Å²) >= 11 is 0. The first-order chi connectivity index (χ1) is 7.42. The number of hydrogen-bond donors (Lipinski definition) is 1. The van der Waals surface area contributed by atoms with Gasteiger partial charge < -0.3 is 5.32 Å². The zero-order valence-electron chi connectivity index (χ0n) is 9.45. The number of nitrogens with zero attached hydrogens (tertiary/aromatic N) is 3. The van der Waals surface area contributed by atoms with E-state index in [0.717, 1.165) is 18.9 Å². The first kappa shape index (κ1) is 10.6. The zero-order valence-corrected chi connectivity index (χ0v) is 9.45. The molecule has 0 atom stereocenters. The summed E-state index contributed by atoms with van der Waals surface area (Å²) in [6.07, 6.45) is 8.27. The maximum absolute atomic E-state index is 4.36. The molecule has 0 spiro atoms. The number of rotatable bonds is 4. The molecule has 0 saturated heterocycles. The molecule has 1 aliphatic carbocycles. The van der Waals surface area contributed by atoms with Crippen molar-refractivity contribution in [2.45, 2.75) is 51.6 Å². The molecule has 1 aromatic rings. The minimum Gasteiger partial charge on any atom is -0.310 e. The molecule has 1 aliphatic rings. The highest BCUT2D eigenvalue weighted by Gasteiger charge is 2.18. The molecule has 1 aromatic heterocycles. The van der Waals surface area contributed by atoms with Gasteiger partial charge in [0.25, 0.3) is 0 Å².